The smallest absolute Gasteiger partial charge is 0.220 e. The van der Waals surface area contributed by atoms with E-state index in [1.807, 2.05) is 6.08 Å². The molecule has 0 spiro atoms. The highest BCUT2D eigenvalue weighted by Crippen LogP contribution is 2.24. The number of nitrogens with one attached hydrogen (secondary N) is 1. The highest BCUT2D eigenvalue weighted by Gasteiger charge is 2.44. The van der Waals surface area contributed by atoms with E-state index < -0.39 is 49.5 Å². The van der Waals surface area contributed by atoms with E-state index in [0.717, 1.165) is 38.5 Å². The molecule has 1 aliphatic heterocycles. The normalized spacial score (nSPS) is 18.0. The molecule has 9 heteroatoms. The van der Waals surface area contributed by atoms with Crippen molar-refractivity contribution in [3.8, 4) is 0 Å². The van der Waals surface area contributed by atoms with Crippen LogP contribution in [0.4, 0.5) is 0 Å². The fourth-order valence-electron chi connectivity index (χ4n) is 12.9. The average molecular weight is 1210 g/mol. The Morgan fingerprint density at radius 2 is 0.647 bits per heavy atom. The molecule has 0 radical (unpaired) electrons. The first kappa shape index (κ1) is 81.9. The van der Waals surface area contributed by atoms with Gasteiger partial charge in [-0.2, -0.15) is 0 Å². The maximum absolute atomic E-state index is 13.1. The van der Waals surface area contributed by atoms with Gasteiger partial charge in [0.05, 0.1) is 25.4 Å². The van der Waals surface area contributed by atoms with Crippen LogP contribution in [0, 0.1) is 0 Å². The molecule has 1 fully saturated rings. The summed E-state index contributed by atoms with van der Waals surface area (Å²) in [5.41, 5.74) is 0. The second kappa shape index (κ2) is 65.9. The monoisotopic (exact) mass is 1200 g/mol. The molecule has 0 aromatic carbocycles. The molecule has 6 N–H and O–H groups in total. The van der Waals surface area contributed by atoms with Gasteiger partial charge in [-0.1, -0.05) is 398 Å². The third-order valence-electron chi connectivity index (χ3n) is 18.9. The van der Waals surface area contributed by atoms with Gasteiger partial charge in [0.2, 0.25) is 5.91 Å². The number of aliphatic hydroxyl groups is 5. The van der Waals surface area contributed by atoms with Crippen molar-refractivity contribution in [3.05, 3.63) is 12.2 Å². The molecule has 0 aromatic heterocycles. The standard InChI is InChI=1S/C76H149NO8/c1-3-5-7-9-11-13-15-17-19-21-23-25-27-28-29-30-31-32-33-34-35-36-37-38-39-40-41-42-44-46-48-50-52-54-56-58-60-62-64-66-72(80)77-69(68-84-76-75(83)74(82)73(81)71(67-78)85-76)70(79)65-63-61-59-57-55-53-51-49-47-45-43-26-24-22-20-18-16-14-12-10-8-6-4-2/h63,65,69-71,73-76,78-79,81-83H,3-62,64,66-68H2,1-2H3,(H,77,80)/b65-63+. The van der Waals surface area contributed by atoms with Crippen molar-refractivity contribution >= 4 is 5.91 Å². The molecule has 1 amide bonds. The van der Waals surface area contributed by atoms with Gasteiger partial charge in [-0.25, -0.2) is 0 Å². The number of ether oxygens (including phenoxy) is 2. The van der Waals surface area contributed by atoms with Crippen LogP contribution < -0.4 is 5.32 Å². The topological polar surface area (TPSA) is 149 Å². The van der Waals surface area contributed by atoms with Gasteiger partial charge in [0, 0.05) is 6.42 Å². The SMILES string of the molecule is CCCCCCCCCCCCCCCCCCCCCCC/C=C/C(O)C(COC1OC(CO)C(O)C(O)C1O)NC(=O)CCCCCCCCCCCCCCCCCCCCCCCCCCCCCCCCCCCCCCCCC. The number of carbonyl (C=O) groups excluding carboxylic acids is 1. The van der Waals surface area contributed by atoms with Crippen LogP contribution in [0.2, 0.25) is 0 Å². The minimum atomic E-state index is -1.56. The van der Waals surface area contributed by atoms with Gasteiger partial charge in [-0.05, 0) is 19.3 Å². The molecule has 7 unspecified atom stereocenters. The van der Waals surface area contributed by atoms with Gasteiger partial charge in [-0.15, -0.1) is 0 Å². The third kappa shape index (κ3) is 54.4. The van der Waals surface area contributed by atoms with Crippen molar-refractivity contribution in [2.45, 2.75) is 455 Å². The van der Waals surface area contributed by atoms with E-state index in [2.05, 4.69) is 19.2 Å². The Balaban J connectivity index is 2.04. The first-order valence-corrected chi connectivity index (χ1v) is 38.4. The Morgan fingerprint density at radius 3 is 0.918 bits per heavy atom. The summed E-state index contributed by atoms with van der Waals surface area (Å²) in [5.74, 6) is -0.166. The zero-order valence-corrected chi connectivity index (χ0v) is 56.9. The molecule has 0 aromatic rings. The molecule has 1 rings (SSSR count). The number of carbonyl (C=O) groups is 1. The van der Waals surface area contributed by atoms with E-state index in [9.17, 15) is 30.3 Å². The summed E-state index contributed by atoms with van der Waals surface area (Å²) in [6.45, 7) is 3.85. The summed E-state index contributed by atoms with van der Waals surface area (Å²) in [6.07, 6.45) is 79.3. The summed E-state index contributed by atoms with van der Waals surface area (Å²) in [4.78, 5) is 13.1. The zero-order chi connectivity index (χ0) is 61.4. The largest absolute Gasteiger partial charge is 0.394 e. The van der Waals surface area contributed by atoms with E-state index in [1.165, 1.54) is 353 Å². The van der Waals surface area contributed by atoms with Crippen LogP contribution in [0.15, 0.2) is 12.2 Å². The molecule has 0 bridgehead atoms. The van der Waals surface area contributed by atoms with Crippen molar-refractivity contribution in [3.63, 3.8) is 0 Å². The quantitative estimate of drug-likeness (QED) is 0.0261. The first-order chi connectivity index (χ1) is 41.8. The Hall–Kier alpha value is -1.07. The number of hydrogen-bond donors (Lipinski definition) is 6. The van der Waals surface area contributed by atoms with Gasteiger partial charge in [0.25, 0.3) is 0 Å². The summed E-state index contributed by atoms with van der Waals surface area (Å²) < 4.78 is 11.3. The van der Waals surface area contributed by atoms with Crippen molar-refractivity contribution in [2.24, 2.45) is 0 Å². The van der Waals surface area contributed by atoms with Gasteiger partial charge in [0.15, 0.2) is 6.29 Å². The number of aliphatic hydroxyl groups excluding tert-OH is 5. The third-order valence-corrected chi connectivity index (χ3v) is 18.9. The van der Waals surface area contributed by atoms with Crippen LogP contribution >= 0.6 is 0 Å². The Kier molecular flexibility index (Phi) is 63.5. The summed E-state index contributed by atoms with van der Waals surface area (Å²) in [6, 6.07) is -0.802. The van der Waals surface area contributed by atoms with Gasteiger partial charge in [0.1, 0.15) is 24.4 Å². The lowest BCUT2D eigenvalue weighted by atomic mass is 9.99. The second-order valence-electron chi connectivity index (χ2n) is 27.2. The van der Waals surface area contributed by atoms with Gasteiger partial charge in [-0.3, -0.25) is 4.79 Å². The predicted molar refractivity (Wildman–Crippen MR) is 364 cm³/mol. The summed E-state index contributed by atoms with van der Waals surface area (Å²) in [7, 11) is 0. The maximum Gasteiger partial charge on any atom is 0.220 e. The fraction of sp³-hybridized carbons (Fsp3) is 0.961. The molecule has 506 valence electrons. The molecule has 85 heavy (non-hydrogen) atoms. The summed E-state index contributed by atoms with van der Waals surface area (Å²) >= 11 is 0. The Labute approximate surface area is 528 Å². The Bertz CT molecular complexity index is 1350. The lowest BCUT2D eigenvalue weighted by molar-refractivity contribution is -0.302. The van der Waals surface area contributed by atoms with Crippen molar-refractivity contribution < 1.29 is 39.8 Å². The van der Waals surface area contributed by atoms with E-state index in [4.69, 9.17) is 9.47 Å². The van der Waals surface area contributed by atoms with Gasteiger partial charge >= 0.3 is 0 Å². The molecular formula is C76H149NO8. The number of hydrogen-bond acceptors (Lipinski definition) is 8. The highest BCUT2D eigenvalue weighted by atomic mass is 16.7. The van der Waals surface area contributed by atoms with Crippen molar-refractivity contribution in [1.29, 1.82) is 0 Å². The predicted octanol–water partition coefficient (Wildman–Crippen LogP) is 21.4. The second-order valence-corrected chi connectivity index (χ2v) is 27.2. The highest BCUT2D eigenvalue weighted by molar-refractivity contribution is 5.76. The van der Waals surface area contributed by atoms with Crippen LogP contribution in [-0.2, 0) is 14.3 Å². The Morgan fingerprint density at radius 1 is 0.388 bits per heavy atom. The van der Waals surface area contributed by atoms with Gasteiger partial charge < -0.3 is 40.3 Å². The first-order valence-electron chi connectivity index (χ1n) is 38.4. The number of allylic oxidation sites excluding steroid dienone is 1. The molecule has 7 atom stereocenters. The van der Waals surface area contributed by atoms with E-state index in [0.29, 0.717) is 6.42 Å². The van der Waals surface area contributed by atoms with Crippen molar-refractivity contribution in [2.75, 3.05) is 13.2 Å². The fourth-order valence-corrected chi connectivity index (χ4v) is 12.9. The molecule has 1 saturated heterocycles. The summed E-state index contributed by atoms with van der Waals surface area (Å²) in [5, 5.41) is 54.8. The van der Waals surface area contributed by atoms with Crippen LogP contribution in [0.25, 0.3) is 0 Å². The molecule has 0 saturated carbocycles. The molecule has 0 aliphatic carbocycles. The molecule has 9 nitrogen and oxygen atoms in total. The minimum absolute atomic E-state index is 0.166. The van der Waals surface area contributed by atoms with Crippen LogP contribution in [0.1, 0.15) is 412 Å². The molecule has 1 heterocycles. The number of amides is 1. The number of rotatable bonds is 69. The average Bonchev–Trinajstić information content (AvgIpc) is 3.55. The van der Waals surface area contributed by atoms with E-state index in [-0.39, 0.29) is 12.5 Å². The van der Waals surface area contributed by atoms with Crippen LogP contribution in [0.3, 0.4) is 0 Å². The van der Waals surface area contributed by atoms with E-state index >= 15 is 0 Å². The van der Waals surface area contributed by atoms with Crippen LogP contribution in [0.5, 0.6) is 0 Å². The zero-order valence-electron chi connectivity index (χ0n) is 56.9. The lowest BCUT2D eigenvalue weighted by Crippen LogP contribution is -2.60. The maximum atomic E-state index is 13.1. The minimum Gasteiger partial charge on any atom is -0.394 e. The molecule has 1 aliphatic rings. The number of unbranched alkanes of at least 4 members (excludes halogenated alkanes) is 59. The molecular weight excluding hydrogens is 1050 g/mol. The van der Waals surface area contributed by atoms with Crippen LogP contribution in [-0.4, -0.2) is 87.5 Å². The van der Waals surface area contributed by atoms with E-state index in [1.54, 1.807) is 6.08 Å². The van der Waals surface area contributed by atoms with Crippen molar-refractivity contribution in [1.82, 2.24) is 5.32 Å². The lowest BCUT2D eigenvalue weighted by Gasteiger charge is -2.40.